The molecule has 4 rings (SSSR count). The van der Waals surface area contributed by atoms with Crippen molar-refractivity contribution in [2.24, 2.45) is 0 Å². The number of aromatic nitrogens is 2. The van der Waals surface area contributed by atoms with Crippen LogP contribution >= 0.6 is 23.4 Å². The van der Waals surface area contributed by atoms with Gasteiger partial charge in [-0.15, -0.1) is 0 Å². The van der Waals surface area contributed by atoms with Crippen molar-refractivity contribution in [3.05, 3.63) is 68.0 Å². The monoisotopic (exact) mass is 458 g/mol. The predicted octanol–water partition coefficient (Wildman–Crippen LogP) is 4.80. The lowest BCUT2D eigenvalue weighted by atomic mass is 10.2. The molecule has 3 aromatic rings. The van der Waals surface area contributed by atoms with Gasteiger partial charge >= 0.3 is 0 Å². The molecule has 8 nitrogen and oxygen atoms in total. The number of hydrogen-bond donors (Lipinski definition) is 1. The molecule has 1 aliphatic rings. The van der Waals surface area contributed by atoms with Crippen LogP contribution in [0.1, 0.15) is 31.7 Å². The number of thioether (sulfide) groups is 1. The highest BCUT2D eigenvalue weighted by molar-refractivity contribution is 7.99. The standard InChI is InChI=1S/C21H19ClN4O4S/c22-16-11-14(26(29)30)9-10-18(16)23-19(27)12-31-21-24-17-8-4-3-7-15(17)20(28)25(21)13-5-1-2-6-13/h3-4,7-11,13H,1-2,5-6,12H2,(H,23,27). The number of anilines is 1. The number of nitrogens with zero attached hydrogens (tertiary/aromatic N) is 3. The molecule has 160 valence electrons. The summed E-state index contributed by atoms with van der Waals surface area (Å²) in [6, 6.07) is 11.1. The summed E-state index contributed by atoms with van der Waals surface area (Å²) in [6.07, 6.45) is 3.95. The number of nitro benzene ring substituents is 1. The number of fused-ring (bicyclic) bond motifs is 1. The van der Waals surface area contributed by atoms with Gasteiger partial charge in [0.25, 0.3) is 11.2 Å². The van der Waals surface area contributed by atoms with Gasteiger partial charge in [0, 0.05) is 18.2 Å². The fourth-order valence-electron chi connectivity index (χ4n) is 3.75. The van der Waals surface area contributed by atoms with Crippen molar-refractivity contribution in [1.29, 1.82) is 0 Å². The lowest BCUT2D eigenvalue weighted by Crippen LogP contribution is -2.27. The molecular weight excluding hydrogens is 440 g/mol. The molecule has 1 fully saturated rings. The van der Waals surface area contributed by atoms with E-state index in [1.807, 2.05) is 12.1 Å². The van der Waals surface area contributed by atoms with Crippen LogP contribution in [0.2, 0.25) is 5.02 Å². The van der Waals surface area contributed by atoms with Gasteiger partial charge in [0.15, 0.2) is 5.16 Å². The molecule has 0 saturated heterocycles. The van der Waals surface area contributed by atoms with Crippen LogP contribution in [-0.4, -0.2) is 26.1 Å². The fraction of sp³-hybridized carbons (Fsp3) is 0.286. The molecule has 0 spiro atoms. The van der Waals surface area contributed by atoms with Crippen LogP contribution in [0.5, 0.6) is 0 Å². The number of para-hydroxylation sites is 1. The quantitative estimate of drug-likeness (QED) is 0.246. The van der Waals surface area contributed by atoms with Crippen LogP contribution < -0.4 is 10.9 Å². The van der Waals surface area contributed by atoms with Gasteiger partial charge in [-0.25, -0.2) is 4.98 Å². The lowest BCUT2D eigenvalue weighted by molar-refractivity contribution is -0.384. The Balaban J connectivity index is 1.56. The van der Waals surface area contributed by atoms with Crippen LogP contribution in [0.15, 0.2) is 52.4 Å². The summed E-state index contributed by atoms with van der Waals surface area (Å²) in [5, 5.41) is 14.7. The maximum Gasteiger partial charge on any atom is 0.271 e. The number of nitrogens with one attached hydrogen (secondary N) is 1. The smallest absolute Gasteiger partial charge is 0.271 e. The molecule has 0 bridgehead atoms. The molecule has 10 heteroatoms. The second-order valence-electron chi connectivity index (χ2n) is 7.28. The average Bonchev–Trinajstić information content (AvgIpc) is 3.28. The van der Waals surface area contributed by atoms with E-state index in [4.69, 9.17) is 11.6 Å². The summed E-state index contributed by atoms with van der Waals surface area (Å²) in [6.45, 7) is 0. The van der Waals surface area contributed by atoms with Crippen molar-refractivity contribution in [3.8, 4) is 0 Å². The van der Waals surface area contributed by atoms with Crippen LogP contribution in [0.25, 0.3) is 10.9 Å². The first-order valence-corrected chi connectivity index (χ1v) is 11.2. The fourth-order valence-corrected chi connectivity index (χ4v) is 4.84. The van der Waals surface area contributed by atoms with E-state index in [1.165, 1.54) is 30.0 Å². The highest BCUT2D eigenvalue weighted by atomic mass is 35.5. The van der Waals surface area contributed by atoms with E-state index in [-0.39, 0.29) is 39.7 Å². The molecule has 1 aromatic heterocycles. The Labute approximate surface area is 186 Å². The van der Waals surface area contributed by atoms with Crippen LogP contribution in [0, 0.1) is 10.1 Å². The molecule has 1 amide bonds. The Hall–Kier alpha value is -2.91. The van der Waals surface area contributed by atoms with Crippen LogP contribution in [0.4, 0.5) is 11.4 Å². The van der Waals surface area contributed by atoms with Crippen LogP contribution in [-0.2, 0) is 4.79 Å². The zero-order chi connectivity index (χ0) is 22.0. The number of hydrogen-bond acceptors (Lipinski definition) is 6. The Kier molecular flexibility index (Phi) is 6.24. The third-order valence-corrected chi connectivity index (χ3v) is 6.50. The third-order valence-electron chi connectivity index (χ3n) is 5.24. The topological polar surface area (TPSA) is 107 Å². The minimum Gasteiger partial charge on any atom is -0.324 e. The van der Waals surface area contributed by atoms with Gasteiger partial charge in [-0.05, 0) is 31.0 Å². The molecule has 0 atom stereocenters. The molecule has 1 heterocycles. The number of benzene rings is 2. The predicted molar refractivity (Wildman–Crippen MR) is 121 cm³/mol. The van der Waals surface area contributed by atoms with Crippen molar-refractivity contribution >= 4 is 51.5 Å². The maximum absolute atomic E-state index is 13.1. The van der Waals surface area contributed by atoms with E-state index in [9.17, 15) is 19.7 Å². The average molecular weight is 459 g/mol. The lowest BCUT2D eigenvalue weighted by Gasteiger charge is -2.18. The van der Waals surface area contributed by atoms with Crippen LogP contribution in [0.3, 0.4) is 0 Å². The number of nitro groups is 1. The van der Waals surface area contributed by atoms with Gasteiger partial charge in [-0.1, -0.05) is 48.3 Å². The van der Waals surface area contributed by atoms with Gasteiger partial charge in [0.1, 0.15) is 0 Å². The van der Waals surface area contributed by atoms with Gasteiger partial charge in [-0.2, -0.15) is 0 Å². The summed E-state index contributed by atoms with van der Waals surface area (Å²) in [7, 11) is 0. The number of carbonyl (C=O) groups is 1. The summed E-state index contributed by atoms with van der Waals surface area (Å²) in [5.41, 5.74) is 0.651. The Bertz CT molecular complexity index is 1220. The molecule has 0 radical (unpaired) electrons. The van der Waals surface area contributed by atoms with E-state index in [0.717, 1.165) is 25.7 Å². The number of rotatable bonds is 6. The number of non-ortho nitro benzene ring substituents is 1. The Morgan fingerprint density at radius 1 is 1.26 bits per heavy atom. The summed E-state index contributed by atoms with van der Waals surface area (Å²) in [4.78, 5) is 40.6. The normalized spacial score (nSPS) is 14.1. The van der Waals surface area contributed by atoms with E-state index in [2.05, 4.69) is 10.3 Å². The van der Waals surface area contributed by atoms with Crippen molar-refractivity contribution < 1.29 is 9.72 Å². The number of halogens is 1. The minimum absolute atomic E-state index is 0.0187. The molecule has 0 unspecified atom stereocenters. The molecule has 0 aliphatic heterocycles. The summed E-state index contributed by atoms with van der Waals surface area (Å²) in [5.74, 6) is -0.328. The zero-order valence-corrected chi connectivity index (χ0v) is 18.0. The first kappa shape index (κ1) is 21.3. The van der Waals surface area contributed by atoms with E-state index in [1.54, 1.807) is 16.7 Å². The van der Waals surface area contributed by atoms with Gasteiger partial charge in [0.2, 0.25) is 5.91 Å². The SMILES string of the molecule is O=C(CSc1nc2ccccc2c(=O)n1C1CCCC1)Nc1ccc([N+](=O)[O-])cc1Cl. The minimum atomic E-state index is -0.555. The van der Waals surface area contributed by atoms with Crippen molar-refractivity contribution in [2.75, 3.05) is 11.1 Å². The van der Waals surface area contributed by atoms with Crippen molar-refractivity contribution in [1.82, 2.24) is 9.55 Å². The molecule has 1 saturated carbocycles. The molecule has 1 aliphatic carbocycles. The summed E-state index contributed by atoms with van der Waals surface area (Å²) < 4.78 is 1.73. The second-order valence-corrected chi connectivity index (χ2v) is 8.63. The Morgan fingerprint density at radius 2 is 2.00 bits per heavy atom. The van der Waals surface area contributed by atoms with E-state index >= 15 is 0 Å². The van der Waals surface area contributed by atoms with Gasteiger partial charge < -0.3 is 5.32 Å². The largest absolute Gasteiger partial charge is 0.324 e. The van der Waals surface area contributed by atoms with Crippen molar-refractivity contribution in [3.63, 3.8) is 0 Å². The van der Waals surface area contributed by atoms with Gasteiger partial charge in [-0.3, -0.25) is 24.3 Å². The highest BCUT2D eigenvalue weighted by Crippen LogP contribution is 2.32. The Morgan fingerprint density at radius 3 is 2.71 bits per heavy atom. The first-order valence-electron chi connectivity index (χ1n) is 9.82. The third kappa shape index (κ3) is 4.57. The van der Waals surface area contributed by atoms with E-state index < -0.39 is 4.92 Å². The molecule has 31 heavy (non-hydrogen) atoms. The zero-order valence-electron chi connectivity index (χ0n) is 16.4. The van der Waals surface area contributed by atoms with E-state index in [0.29, 0.717) is 16.1 Å². The van der Waals surface area contributed by atoms with Crippen molar-refractivity contribution in [2.45, 2.75) is 36.9 Å². The molecule has 2 aromatic carbocycles. The number of amides is 1. The molecular formula is C21H19ClN4O4S. The van der Waals surface area contributed by atoms with Gasteiger partial charge in [0.05, 0.1) is 32.3 Å². The number of carbonyl (C=O) groups excluding carboxylic acids is 1. The maximum atomic E-state index is 13.1. The second kappa shape index (κ2) is 9.07. The molecule has 1 N–H and O–H groups in total. The highest BCUT2D eigenvalue weighted by Gasteiger charge is 2.23. The summed E-state index contributed by atoms with van der Waals surface area (Å²) >= 11 is 7.24. The first-order chi connectivity index (χ1) is 14.9.